The number of Topliss-reactive ketones (excluding diaryl/α,β-unsaturated/α-hetero) is 5. The van der Waals surface area contributed by atoms with Crippen molar-refractivity contribution in [2.24, 2.45) is 5.41 Å². The summed E-state index contributed by atoms with van der Waals surface area (Å²) in [5, 5.41) is 6.49. The number of hydrogen-bond donors (Lipinski definition) is 3. The summed E-state index contributed by atoms with van der Waals surface area (Å²) in [5.74, 6) is -8.18. The van der Waals surface area contributed by atoms with Crippen LogP contribution in [0.2, 0.25) is 0 Å². The molecule has 312 valence electrons. The maximum atomic E-state index is 13.7. The summed E-state index contributed by atoms with van der Waals surface area (Å²) in [5.41, 5.74) is -1.54. The summed E-state index contributed by atoms with van der Waals surface area (Å²) in [6.45, 7) is 1.13. The Morgan fingerprint density at radius 2 is 1.48 bits per heavy atom. The van der Waals surface area contributed by atoms with Crippen molar-refractivity contribution < 1.29 is 62.3 Å². The minimum Gasteiger partial charge on any atom is -0.362 e. The second kappa shape index (κ2) is 20.8. The van der Waals surface area contributed by atoms with Crippen molar-refractivity contribution in [1.82, 2.24) is 20.4 Å². The number of rotatable bonds is 24. The number of aryl methyl sites for hydroxylation is 1. The average molecular weight is 862 g/mol. The first-order valence-corrected chi connectivity index (χ1v) is 21.5. The van der Waals surface area contributed by atoms with Crippen LogP contribution in [0.3, 0.4) is 0 Å². The van der Waals surface area contributed by atoms with Crippen molar-refractivity contribution in [3.63, 3.8) is 0 Å². The zero-order chi connectivity index (χ0) is 42.7. The highest BCUT2D eigenvalue weighted by Gasteiger charge is 2.54. The van der Waals surface area contributed by atoms with Crippen LogP contribution in [0.25, 0.3) is 0 Å². The Bertz CT molecular complexity index is 1850. The molecular formula is C37H43N5O13S3. The number of amides is 7. The highest BCUT2D eigenvalue weighted by atomic mass is 33.2. The van der Waals surface area contributed by atoms with Crippen molar-refractivity contribution in [1.29, 1.82) is 0 Å². The number of likely N-dealkylation sites (tertiary alicyclic amines) is 2. The van der Waals surface area contributed by atoms with E-state index in [4.69, 9.17) is 4.74 Å². The van der Waals surface area contributed by atoms with E-state index in [1.807, 2.05) is 0 Å². The Hall–Kier alpha value is -4.73. The number of carbonyl (C=O) groups excluding carboxylic acids is 12. The molecule has 0 aliphatic carbocycles. The predicted octanol–water partition coefficient (Wildman–Crippen LogP) is 0.188. The molecule has 21 heteroatoms. The number of ketones is 5. The SMILES string of the molecule is CC(=O)C(C(C)=O)(C(C)=O)C(=O)C(CNC(=O)COCC(=O)Nc1ccc(CCC(=O)N2CCC2=O)cc1)NC(=O)CCSC1CC(=O)N(CCC(=O)C2SS2)C1=O. The van der Waals surface area contributed by atoms with Crippen molar-refractivity contribution in [3.8, 4) is 0 Å². The molecule has 1 aromatic rings. The van der Waals surface area contributed by atoms with Crippen molar-refractivity contribution in [3.05, 3.63) is 29.8 Å². The summed E-state index contributed by atoms with van der Waals surface area (Å²) in [7, 11) is 2.82. The summed E-state index contributed by atoms with van der Waals surface area (Å²) in [4.78, 5) is 153. The Morgan fingerprint density at radius 3 is 2.05 bits per heavy atom. The van der Waals surface area contributed by atoms with Crippen LogP contribution >= 0.6 is 33.3 Å². The van der Waals surface area contributed by atoms with E-state index in [-0.39, 0.29) is 60.2 Å². The normalized spacial score (nSPS) is 16.9. The van der Waals surface area contributed by atoms with Gasteiger partial charge < -0.3 is 20.7 Å². The molecule has 2 atom stereocenters. The molecule has 0 bridgehead atoms. The maximum Gasteiger partial charge on any atom is 0.250 e. The smallest absolute Gasteiger partial charge is 0.250 e. The van der Waals surface area contributed by atoms with Gasteiger partial charge in [-0.25, -0.2) is 0 Å². The van der Waals surface area contributed by atoms with Gasteiger partial charge in [0.25, 0.3) is 0 Å². The first kappa shape index (κ1) is 46.0. The molecule has 3 aliphatic rings. The van der Waals surface area contributed by atoms with Crippen LogP contribution in [0.15, 0.2) is 24.3 Å². The lowest BCUT2D eigenvalue weighted by Crippen LogP contribution is -2.60. The molecule has 58 heavy (non-hydrogen) atoms. The molecule has 7 amide bonds. The van der Waals surface area contributed by atoms with E-state index in [1.165, 1.54) is 26.5 Å². The molecule has 3 heterocycles. The number of anilines is 1. The lowest BCUT2D eigenvalue weighted by Gasteiger charge is -2.29. The van der Waals surface area contributed by atoms with E-state index in [0.717, 1.165) is 43.0 Å². The minimum absolute atomic E-state index is 0.00523. The van der Waals surface area contributed by atoms with E-state index in [1.54, 1.807) is 24.3 Å². The van der Waals surface area contributed by atoms with Gasteiger partial charge in [-0.1, -0.05) is 33.7 Å². The second-order valence-corrected chi connectivity index (χ2v) is 17.7. The van der Waals surface area contributed by atoms with E-state index in [9.17, 15) is 57.5 Å². The van der Waals surface area contributed by atoms with Gasteiger partial charge in [-0.3, -0.25) is 67.3 Å². The number of nitrogens with zero attached hydrogens (tertiary/aromatic N) is 2. The van der Waals surface area contributed by atoms with Crippen LogP contribution in [0, 0.1) is 5.41 Å². The number of ether oxygens (including phenoxy) is 1. The zero-order valence-electron chi connectivity index (χ0n) is 32.0. The number of thioether (sulfide) groups is 1. The fraction of sp³-hybridized carbons (Fsp3) is 0.514. The first-order chi connectivity index (χ1) is 27.4. The zero-order valence-corrected chi connectivity index (χ0v) is 34.4. The van der Waals surface area contributed by atoms with Crippen LogP contribution in [0.1, 0.15) is 58.4 Å². The Kier molecular flexibility index (Phi) is 16.5. The number of benzene rings is 1. The van der Waals surface area contributed by atoms with E-state index < -0.39 is 89.1 Å². The van der Waals surface area contributed by atoms with Crippen molar-refractivity contribution in [2.75, 3.05) is 43.9 Å². The largest absolute Gasteiger partial charge is 0.362 e. The van der Waals surface area contributed by atoms with Gasteiger partial charge in [0.2, 0.25) is 46.8 Å². The highest BCUT2D eigenvalue weighted by molar-refractivity contribution is 8.93. The van der Waals surface area contributed by atoms with Gasteiger partial charge in [-0.15, -0.1) is 11.8 Å². The fourth-order valence-corrected chi connectivity index (χ4v) is 8.64. The summed E-state index contributed by atoms with van der Waals surface area (Å²) in [6.07, 6.45) is 0.558. The van der Waals surface area contributed by atoms with Crippen LogP contribution in [0.5, 0.6) is 0 Å². The van der Waals surface area contributed by atoms with Crippen LogP contribution < -0.4 is 16.0 Å². The van der Waals surface area contributed by atoms with Gasteiger partial charge in [-0.05, 0) is 44.9 Å². The molecule has 0 spiro atoms. The first-order valence-electron chi connectivity index (χ1n) is 18.2. The van der Waals surface area contributed by atoms with E-state index in [0.29, 0.717) is 25.1 Å². The number of imide groups is 2. The second-order valence-electron chi connectivity index (χ2n) is 13.6. The van der Waals surface area contributed by atoms with Gasteiger partial charge in [-0.2, -0.15) is 0 Å². The molecule has 18 nitrogen and oxygen atoms in total. The lowest BCUT2D eigenvalue weighted by molar-refractivity contribution is -0.155. The molecule has 0 saturated carbocycles. The number of hydrogen-bond acceptors (Lipinski definition) is 16. The quantitative estimate of drug-likeness (QED) is 0.0412. The maximum absolute atomic E-state index is 13.7. The standard InChI is InChI=1S/C37H43N5O13S3/c1-20(43)37(21(2)44,22(3)45)34(53)25(40-28(47)12-15-56-27-16-33(52)42(35(27)54)13-10-26(46)36-57-58-36)17-38-29(48)18-55-19-30(49)39-24-7-4-23(5-8-24)6-9-31(50)41-14-11-32(41)51/h4-5,7-8,25,27,36H,6,9-19H2,1-3H3,(H,38,48)(H,39,49)(H,40,47). The van der Waals surface area contributed by atoms with Gasteiger partial charge in [0.1, 0.15) is 23.8 Å². The lowest BCUT2D eigenvalue weighted by atomic mass is 9.71. The van der Waals surface area contributed by atoms with Crippen molar-refractivity contribution in [2.45, 2.75) is 75.2 Å². The molecule has 3 saturated heterocycles. The third kappa shape index (κ3) is 11.9. The molecule has 0 radical (unpaired) electrons. The molecule has 3 fully saturated rings. The third-order valence-electron chi connectivity index (χ3n) is 9.48. The van der Waals surface area contributed by atoms with Crippen LogP contribution in [0.4, 0.5) is 5.69 Å². The van der Waals surface area contributed by atoms with E-state index in [2.05, 4.69) is 16.0 Å². The Morgan fingerprint density at radius 1 is 0.845 bits per heavy atom. The van der Waals surface area contributed by atoms with E-state index >= 15 is 0 Å². The van der Waals surface area contributed by atoms with Crippen LogP contribution in [-0.4, -0.2) is 135 Å². The topological polar surface area (TPSA) is 257 Å². The molecule has 4 rings (SSSR count). The molecule has 3 N–H and O–H groups in total. The van der Waals surface area contributed by atoms with Gasteiger partial charge in [0.05, 0.1) is 5.25 Å². The molecular weight excluding hydrogens is 819 g/mol. The van der Waals surface area contributed by atoms with Crippen LogP contribution in [-0.2, 0) is 68.7 Å². The molecule has 1 aromatic carbocycles. The molecule has 2 unspecified atom stereocenters. The fourth-order valence-electron chi connectivity index (χ4n) is 6.21. The third-order valence-corrected chi connectivity index (χ3v) is 12.8. The van der Waals surface area contributed by atoms with Gasteiger partial charge >= 0.3 is 0 Å². The number of carbonyl (C=O) groups is 12. The number of β-lactam (4-membered cyclic amide) rings is 1. The average Bonchev–Trinajstić information content (AvgIpc) is 3.97. The monoisotopic (exact) mass is 861 g/mol. The molecule has 3 aliphatic heterocycles. The molecule has 0 aromatic heterocycles. The minimum atomic E-state index is -2.76. The number of nitrogens with one attached hydrogen (secondary N) is 3. The Labute approximate surface area is 345 Å². The summed E-state index contributed by atoms with van der Waals surface area (Å²) < 4.78 is 5.01. The summed E-state index contributed by atoms with van der Waals surface area (Å²) in [6, 6.07) is 4.88. The highest BCUT2D eigenvalue weighted by Crippen LogP contribution is 2.54. The predicted molar refractivity (Wildman–Crippen MR) is 211 cm³/mol. The van der Waals surface area contributed by atoms with Crippen molar-refractivity contribution >= 4 is 109 Å². The van der Waals surface area contributed by atoms with Gasteiger partial charge in [0, 0.05) is 63.2 Å². The summed E-state index contributed by atoms with van der Waals surface area (Å²) >= 11 is 1.02. The Balaban J connectivity index is 1.26. The van der Waals surface area contributed by atoms with Gasteiger partial charge in [0.15, 0.2) is 28.9 Å².